The van der Waals surface area contributed by atoms with Gasteiger partial charge in [0, 0.05) is 6.54 Å². The van der Waals surface area contributed by atoms with Gasteiger partial charge < -0.3 is 10.3 Å². The summed E-state index contributed by atoms with van der Waals surface area (Å²) in [7, 11) is 0. The third kappa shape index (κ3) is 2.27. The number of anilines is 1. The minimum absolute atomic E-state index is 0.451. The fraction of sp³-hybridized carbons (Fsp3) is 0.500. The Kier molecular flexibility index (Phi) is 3.61. The first-order valence-corrected chi connectivity index (χ1v) is 6.47. The molecular formula is C10H15N5S. The Labute approximate surface area is 98.5 Å². The zero-order valence-corrected chi connectivity index (χ0v) is 10.1. The molecule has 0 unspecified atom stereocenters. The molecule has 2 aromatic heterocycles. The van der Waals surface area contributed by atoms with Gasteiger partial charge in [0.2, 0.25) is 0 Å². The first-order valence-electron chi connectivity index (χ1n) is 5.32. The maximum Gasteiger partial charge on any atom is 0.165 e. The van der Waals surface area contributed by atoms with E-state index in [1.165, 1.54) is 12.1 Å². The largest absolute Gasteiger partial charge is 0.382 e. The smallest absolute Gasteiger partial charge is 0.165 e. The SMILES string of the molecule is CCSCCCn1cnc2c(N)ncnc21. The van der Waals surface area contributed by atoms with Crippen LogP contribution in [0.5, 0.6) is 0 Å². The van der Waals surface area contributed by atoms with Crippen LogP contribution in [0.15, 0.2) is 12.7 Å². The van der Waals surface area contributed by atoms with Crippen molar-refractivity contribution in [3.8, 4) is 0 Å². The van der Waals surface area contributed by atoms with Crippen LogP contribution < -0.4 is 5.73 Å². The van der Waals surface area contributed by atoms with Gasteiger partial charge in [0.15, 0.2) is 11.5 Å². The molecule has 0 aromatic carbocycles. The standard InChI is InChI=1S/C10H15N5S/c1-2-16-5-3-4-15-7-14-8-9(11)12-6-13-10(8)15/h6-7H,2-5H2,1H3,(H2,11,12,13). The number of nitrogen functional groups attached to an aromatic ring is 1. The van der Waals surface area contributed by atoms with Crippen molar-refractivity contribution in [1.29, 1.82) is 0 Å². The number of thioether (sulfide) groups is 1. The van der Waals surface area contributed by atoms with Crippen LogP contribution in [0.3, 0.4) is 0 Å². The summed E-state index contributed by atoms with van der Waals surface area (Å²) in [4.78, 5) is 12.3. The van der Waals surface area contributed by atoms with Crippen molar-refractivity contribution in [3.63, 3.8) is 0 Å². The summed E-state index contributed by atoms with van der Waals surface area (Å²) < 4.78 is 2.03. The second-order valence-electron chi connectivity index (χ2n) is 3.42. The molecule has 0 atom stereocenters. The summed E-state index contributed by atoms with van der Waals surface area (Å²) in [6.45, 7) is 3.10. The lowest BCUT2D eigenvalue weighted by atomic mass is 10.4. The highest BCUT2D eigenvalue weighted by molar-refractivity contribution is 7.99. The quantitative estimate of drug-likeness (QED) is 0.799. The van der Waals surface area contributed by atoms with Crippen LogP contribution in [0.2, 0.25) is 0 Å². The van der Waals surface area contributed by atoms with Crippen LogP contribution in [0.1, 0.15) is 13.3 Å². The predicted molar refractivity (Wildman–Crippen MR) is 67.4 cm³/mol. The van der Waals surface area contributed by atoms with Crippen LogP contribution >= 0.6 is 11.8 Å². The third-order valence-electron chi connectivity index (χ3n) is 2.32. The maximum absolute atomic E-state index is 5.71. The second-order valence-corrected chi connectivity index (χ2v) is 4.81. The summed E-state index contributed by atoms with van der Waals surface area (Å²) >= 11 is 1.95. The highest BCUT2D eigenvalue weighted by atomic mass is 32.2. The molecule has 0 aliphatic rings. The molecule has 16 heavy (non-hydrogen) atoms. The van der Waals surface area contributed by atoms with Gasteiger partial charge in [0.25, 0.3) is 0 Å². The summed E-state index contributed by atoms with van der Waals surface area (Å²) in [5.74, 6) is 2.78. The van der Waals surface area contributed by atoms with E-state index < -0.39 is 0 Å². The monoisotopic (exact) mass is 237 g/mol. The fourth-order valence-corrected chi connectivity index (χ4v) is 2.17. The van der Waals surface area contributed by atoms with Crippen molar-refractivity contribution in [3.05, 3.63) is 12.7 Å². The number of hydrogen-bond donors (Lipinski definition) is 1. The van der Waals surface area contributed by atoms with Gasteiger partial charge in [-0.1, -0.05) is 6.92 Å². The van der Waals surface area contributed by atoms with Gasteiger partial charge in [-0.15, -0.1) is 0 Å². The van der Waals surface area contributed by atoms with Crippen molar-refractivity contribution in [2.75, 3.05) is 17.2 Å². The molecule has 0 saturated carbocycles. The number of aryl methyl sites for hydroxylation is 1. The van der Waals surface area contributed by atoms with E-state index in [1.54, 1.807) is 6.33 Å². The van der Waals surface area contributed by atoms with Gasteiger partial charge in [-0.2, -0.15) is 11.8 Å². The average Bonchev–Trinajstić information content (AvgIpc) is 2.70. The van der Waals surface area contributed by atoms with E-state index in [2.05, 4.69) is 21.9 Å². The molecule has 0 radical (unpaired) electrons. The van der Waals surface area contributed by atoms with E-state index in [0.717, 1.165) is 24.4 Å². The molecule has 6 heteroatoms. The van der Waals surface area contributed by atoms with Crippen molar-refractivity contribution >= 4 is 28.7 Å². The van der Waals surface area contributed by atoms with Gasteiger partial charge in [-0.3, -0.25) is 0 Å². The molecule has 2 heterocycles. The van der Waals surface area contributed by atoms with Gasteiger partial charge in [0.1, 0.15) is 11.8 Å². The molecule has 0 saturated heterocycles. The van der Waals surface area contributed by atoms with E-state index in [9.17, 15) is 0 Å². The average molecular weight is 237 g/mol. The number of fused-ring (bicyclic) bond motifs is 1. The summed E-state index contributed by atoms with van der Waals surface area (Å²) in [6, 6.07) is 0. The van der Waals surface area contributed by atoms with Gasteiger partial charge in [0.05, 0.1) is 6.33 Å². The number of imidazole rings is 1. The van der Waals surface area contributed by atoms with E-state index in [1.807, 2.05) is 16.3 Å². The predicted octanol–water partition coefficient (Wildman–Crippen LogP) is 1.55. The number of rotatable bonds is 5. The van der Waals surface area contributed by atoms with Crippen LogP contribution in [-0.4, -0.2) is 31.0 Å². The molecule has 5 nitrogen and oxygen atoms in total. The molecule has 0 aliphatic heterocycles. The Morgan fingerprint density at radius 1 is 1.38 bits per heavy atom. The first kappa shape index (κ1) is 11.2. The molecule has 2 rings (SSSR count). The molecule has 0 fully saturated rings. The normalized spacial score (nSPS) is 11.1. The Balaban J connectivity index is 2.10. The number of nitrogens with two attached hydrogens (primary N) is 1. The highest BCUT2D eigenvalue weighted by Crippen LogP contribution is 2.14. The van der Waals surface area contributed by atoms with E-state index in [0.29, 0.717) is 11.3 Å². The topological polar surface area (TPSA) is 69.6 Å². The van der Waals surface area contributed by atoms with Crippen LogP contribution in [0.25, 0.3) is 11.2 Å². The number of nitrogens with zero attached hydrogens (tertiary/aromatic N) is 4. The van der Waals surface area contributed by atoms with Crippen LogP contribution in [0.4, 0.5) is 5.82 Å². The zero-order chi connectivity index (χ0) is 11.4. The number of aromatic nitrogens is 4. The molecule has 0 aliphatic carbocycles. The summed E-state index contributed by atoms with van der Waals surface area (Å²) in [6.07, 6.45) is 4.39. The lowest BCUT2D eigenvalue weighted by Gasteiger charge is -2.02. The molecule has 0 spiro atoms. The van der Waals surface area contributed by atoms with E-state index in [-0.39, 0.29) is 0 Å². The lowest BCUT2D eigenvalue weighted by Crippen LogP contribution is -2.00. The summed E-state index contributed by atoms with van der Waals surface area (Å²) in [5, 5.41) is 0. The van der Waals surface area contributed by atoms with Gasteiger partial charge >= 0.3 is 0 Å². The molecule has 0 amide bonds. The molecule has 0 bridgehead atoms. The molecular weight excluding hydrogens is 222 g/mol. The fourth-order valence-electron chi connectivity index (χ4n) is 1.54. The molecule has 2 N–H and O–H groups in total. The van der Waals surface area contributed by atoms with Gasteiger partial charge in [-0.05, 0) is 17.9 Å². The van der Waals surface area contributed by atoms with E-state index in [4.69, 9.17) is 5.73 Å². The van der Waals surface area contributed by atoms with Crippen LogP contribution in [0, 0.1) is 0 Å². The molecule has 86 valence electrons. The second kappa shape index (κ2) is 5.16. The third-order valence-corrected chi connectivity index (χ3v) is 3.31. The van der Waals surface area contributed by atoms with Crippen molar-refractivity contribution in [1.82, 2.24) is 19.5 Å². The lowest BCUT2D eigenvalue weighted by molar-refractivity contribution is 0.696. The minimum Gasteiger partial charge on any atom is -0.382 e. The molecule has 2 aromatic rings. The Hall–Kier alpha value is -1.30. The van der Waals surface area contributed by atoms with Gasteiger partial charge in [-0.25, -0.2) is 15.0 Å². The van der Waals surface area contributed by atoms with Crippen molar-refractivity contribution in [2.45, 2.75) is 19.9 Å². The Bertz CT molecular complexity index is 467. The number of hydrogen-bond acceptors (Lipinski definition) is 5. The summed E-state index contributed by atoms with van der Waals surface area (Å²) in [5.41, 5.74) is 7.24. The highest BCUT2D eigenvalue weighted by Gasteiger charge is 2.06. The van der Waals surface area contributed by atoms with Crippen molar-refractivity contribution < 1.29 is 0 Å². The van der Waals surface area contributed by atoms with Crippen LogP contribution in [-0.2, 0) is 6.54 Å². The van der Waals surface area contributed by atoms with E-state index >= 15 is 0 Å². The maximum atomic E-state index is 5.71. The Morgan fingerprint density at radius 2 is 2.25 bits per heavy atom. The zero-order valence-electron chi connectivity index (χ0n) is 9.26. The van der Waals surface area contributed by atoms with Crippen molar-refractivity contribution in [2.24, 2.45) is 0 Å². The first-order chi connectivity index (χ1) is 7.83. The minimum atomic E-state index is 0.451. The Morgan fingerprint density at radius 3 is 3.06 bits per heavy atom.